The largest absolute Gasteiger partial charge is 0.310 e. The molecular weight excluding hydrogens is 390 g/mol. The lowest BCUT2D eigenvalue weighted by molar-refractivity contribution is 0.528. The minimum Gasteiger partial charge on any atom is -0.310 e. The highest BCUT2D eigenvalue weighted by Gasteiger charge is 2.14. The van der Waals surface area contributed by atoms with Crippen molar-refractivity contribution in [3.8, 4) is 0 Å². The molecule has 2 aromatic carbocycles. The lowest BCUT2D eigenvalue weighted by Crippen LogP contribution is -2.24. The van der Waals surface area contributed by atoms with Crippen molar-refractivity contribution in [2.24, 2.45) is 0 Å². The molecule has 112 valence electrons. The molecule has 2 aromatic rings. The summed E-state index contributed by atoms with van der Waals surface area (Å²) in [4.78, 5) is 0. The van der Waals surface area contributed by atoms with Crippen LogP contribution in [0.2, 0.25) is 0 Å². The van der Waals surface area contributed by atoms with Gasteiger partial charge in [-0.1, -0.05) is 69.1 Å². The van der Waals surface area contributed by atoms with Crippen LogP contribution >= 0.6 is 31.9 Å². The molecule has 0 heterocycles. The van der Waals surface area contributed by atoms with Gasteiger partial charge in [0, 0.05) is 15.0 Å². The first-order valence-corrected chi connectivity index (χ1v) is 8.93. The molecule has 1 nitrogen and oxygen atoms in total. The second kappa shape index (κ2) is 8.11. The van der Waals surface area contributed by atoms with Crippen molar-refractivity contribution >= 4 is 31.9 Å². The SMILES string of the molecule is CCCNC(Cc1ccccc1Br)c1ccc(C)c(Br)c1. The summed E-state index contributed by atoms with van der Waals surface area (Å²) in [7, 11) is 0. The van der Waals surface area contributed by atoms with Crippen molar-refractivity contribution in [3.63, 3.8) is 0 Å². The van der Waals surface area contributed by atoms with E-state index in [2.05, 4.69) is 93.5 Å². The van der Waals surface area contributed by atoms with E-state index >= 15 is 0 Å². The van der Waals surface area contributed by atoms with Gasteiger partial charge in [0.15, 0.2) is 0 Å². The lowest BCUT2D eigenvalue weighted by atomic mass is 9.98. The molecular formula is C18H21Br2N. The van der Waals surface area contributed by atoms with Crippen LogP contribution < -0.4 is 5.32 Å². The van der Waals surface area contributed by atoms with Gasteiger partial charge in [0.25, 0.3) is 0 Å². The maximum absolute atomic E-state index is 3.67. The number of nitrogens with one attached hydrogen (secondary N) is 1. The Morgan fingerprint density at radius 3 is 2.48 bits per heavy atom. The fraction of sp³-hybridized carbons (Fsp3) is 0.333. The molecule has 0 aliphatic heterocycles. The summed E-state index contributed by atoms with van der Waals surface area (Å²) in [5.74, 6) is 0. The Morgan fingerprint density at radius 2 is 1.81 bits per heavy atom. The Bertz CT molecular complexity index is 596. The van der Waals surface area contributed by atoms with E-state index in [9.17, 15) is 0 Å². The summed E-state index contributed by atoms with van der Waals surface area (Å²) >= 11 is 7.30. The molecule has 0 bridgehead atoms. The smallest absolute Gasteiger partial charge is 0.0361 e. The zero-order valence-corrected chi connectivity index (χ0v) is 15.7. The Kier molecular flexibility index (Phi) is 6.46. The number of aryl methyl sites for hydroxylation is 1. The van der Waals surface area contributed by atoms with Crippen LogP contribution in [0.25, 0.3) is 0 Å². The Balaban J connectivity index is 2.25. The maximum atomic E-state index is 3.67. The van der Waals surface area contributed by atoms with Gasteiger partial charge in [-0.15, -0.1) is 0 Å². The van der Waals surface area contributed by atoms with Crippen LogP contribution in [-0.4, -0.2) is 6.54 Å². The minimum absolute atomic E-state index is 0.334. The van der Waals surface area contributed by atoms with Crippen molar-refractivity contribution < 1.29 is 0 Å². The van der Waals surface area contributed by atoms with Gasteiger partial charge in [-0.25, -0.2) is 0 Å². The first-order valence-electron chi connectivity index (χ1n) is 7.34. The number of hydrogen-bond donors (Lipinski definition) is 1. The molecule has 0 saturated heterocycles. The van der Waals surface area contributed by atoms with Gasteiger partial charge < -0.3 is 5.32 Å². The van der Waals surface area contributed by atoms with E-state index in [0.29, 0.717) is 6.04 Å². The first kappa shape index (κ1) is 16.7. The topological polar surface area (TPSA) is 12.0 Å². The lowest BCUT2D eigenvalue weighted by Gasteiger charge is -2.20. The predicted molar refractivity (Wildman–Crippen MR) is 97.8 cm³/mol. The van der Waals surface area contributed by atoms with E-state index in [4.69, 9.17) is 0 Å². The molecule has 1 N–H and O–H groups in total. The highest BCUT2D eigenvalue weighted by Crippen LogP contribution is 2.27. The van der Waals surface area contributed by atoms with E-state index in [1.54, 1.807) is 0 Å². The highest BCUT2D eigenvalue weighted by atomic mass is 79.9. The van der Waals surface area contributed by atoms with E-state index < -0.39 is 0 Å². The van der Waals surface area contributed by atoms with Crippen molar-refractivity contribution in [1.29, 1.82) is 0 Å². The van der Waals surface area contributed by atoms with Gasteiger partial charge in [0.2, 0.25) is 0 Å². The molecule has 0 amide bonds. The molecule has 0 aliphatic carbocycles. The molecule has 0 saturated carbocycles. The minimum atomic E-state index is 0.334. The van der Waals surface area contributed by atoms with Gasteiger partial charge >= 0.3 is 0 Å². The second-order valence-electron chi connectivity index (χ2n) is 5.31. The third-order valence-corrected chi connectivity index (χ3v) is 5.25. The highest BCUT2D eigenvalue weighted by molar-refractivity contribution is 9.10. The van der Waals surface area contributed by atoms with Crippen LogP contribution in [0.1, 0.15) is 36.1 Å². The zero-order valence-electron chi connectivity index (χ0n) is 12.5. The fourth-order valence-electron chi connectivity index (χ4n) is 2.34. The van der Waals surface area contributed by atoms with E-state index in [0.717, 1.165) is 19.4 Å². The van der Waals surface area contributed by atoms with E-state index in [1.165, 1.54) is 25.6 Å². The number of benzene rings is 2. The van der Waals surface area contributed by atoms with Crippen LogP contribution in [0, 0.1) is 6.92 Å². The molecule has 1 atom stereocenters. The van der Waals surface area contributed by atoms with Crippen molar-refractivity contribution in [2.75, 3.05) is 6.54 Å². The predicted octanol–water partition coefficient (Wildman–Crippen LogP) is 5.80. The first-order chi connectivity index (χ1) is 10.1. The molecule has 21 heavy (non-hydrogen) atoms. The van der Waals surface area contributed by atoms with Gasteiger partial charge in [-0.05, 0) is 55.1 Å². The summed E-state index contributed by atoms with van der Waals surface area (Å²) in [6, 6.07) is 15.4. The van der Waals surface area contributed by atoms with E-state index in [-0.39, 0.29) is 0 Å². The molecule has 0 fully saturated rings. The summed E-state index contributed by atoms with van der Waals surface area (Å²) < 4.78 is 2.36. The monoisotopic (exact) mass is 409 g/mol. The van der Waals surface area contributed by atoms with Crippen molar-refractivity contribution in [1.82, 2.24) is 5.32 Å². The number of rotatable bonds is 6. The normalized spacial score (nSPS) is 12.4. The maximum Gasteiger partial charge on any atom is 0.0361 e. The van der Waals surface area contributed by atoms with Crippen LogP contribution in [0.5, 0.6) is 0 Å². The summed E-state index contributed by atoms with van der Waals surface area (Å²) in [5.41, 5.74) is 3.94. The van der Waals surface area contributed by atoms with Gasteiger partial charge in [0.05, 0.1) is 0 Å². The zero-order chi connectivity index (χ0) is 15.2. The Morgan fingerprint density at radius 1 is 1.05 bits per heavy atom. The average molecular weight is 411 g/mol. The van der Waals surface area contributed by atoms with Crippen molar-refractivity contribution in [2.45, 2.75) is 32.7 Å². The molecule has 0 spiro atoms. The average Bonchev–Trinajstić information content (AvgIpc) is 2.48. The van der Waals surface area contributed by atoms with Crippen LogP contribution in [0.3, 0.4) is 0 Å². The summed E-state index contributed by atoms with van der Waals surface area (Å²) in [5, 5.41) is 3.67. The second-order valence-corrected chi connectivity index (χ2v) is 7.02. The van der Waals surface area contributed by atoms with Gasteiger partial charge in [0.1, 0.15) is 0 Å². The molecule has 0 aliphatic rings. The molecule has 2 rings (SSSR count). The summed E-state index contributed by atoms with van der Waals surface area (Å²) in [6.07, 6.45) is 2.12. The quantitative estimate of drug-likeness (QED) is 0.634. The molecule has 0 radical (unpaired) electrons. The van der Waals surface area contributed by atoms with Gasteiger partial charge in [-0.3, -0.25) is 0 Å². The Labute approximate surface area is 144 Å². The standard InChI is InChI=1S/C18H21Br2N/c1-3-10-21-18(12-14-6-4-5-7-16(14)19)15-9-8-13(2)17(20)11-15/h4-9,11,18,21H,3,10,12H2,1-2H3. The van der Waals surface area contributed by atoms with Gasteiger partial charge in [-0.2, -0.15) is 0 Å². The summed E-state index contributed by atoms with van der Waals surface area (Å²) in [6.45, 7) is 5.35. The molecule has 3 heteroatoms. The van der Waals surface area contributed by atoms with Crippen LogP contribution in [0.15, 0.2) is 51.4 Å². The molecule has 1 unspecified atom stereocenters. The number of halogens is 2. The van der Waals surface area contributed by atoms with Crippen molar-refractivity contribution in [3.05, 3.63) is 68.1 Å². The van der Waals surface area contributed by atoms with Crippen LogP contribution in [0.4, 0.5) is 0 Å². The Hall–Kier alpha value is -0.640. The fourth-order valence-corrected chi connectivity index (χ4v) is 3.18. The third-order valence-electron chi connectivity index (χ3n) is 3.62. The number of hydrogen-bond acceptors (Lipinski definition) is 1. The van der Waals surface area contributed by atoms with E-state index in [1.807, 2.05) is 0 Å². The molecule has 0 aromatic heterocycles. The van der Waals surface area contributed by atoms with Crippen LogP contribution in [-0.2, 0) is 6.42 Å². The third kappa shape index (κ3) is 4.67.